The van der Waals surface area contributed by atoms with E-state index in [1.54, 1.807) is 30.3 Å². The summed E-state index contributed by atoms with van der Waals surface area (Å²) in [4.78, 5) is 23.9. The van der Waals surface area contributed by atoms with Gasteiger partial charge < -0.3 is 10.1 Å². The van der Waals surface area contributed by atoms with Gasteiger partial charge in [-0.1, -0.05) is 30.3 Å². The Balaban J connectivity index is 2.27. The molecule has 0 saturated carbocycles. The first kappa shape index (κ1) is 15.6. The molecule has 1 amide bonds. The molecule has 2 aromatic carbocycles. The molecule has 0 radical (unpaired) electrons. The van der Waals surface area contributed by atoms with Crippen LogP contribution in [-0.2, 0) is 9.53 Å². The molecular weight excluding hydrogens is 292 g/mol. The molecule has 0 fully saturated rings. The molecule has 0 aliphatic rings. The minimum absolute atomic E-state index is 0.355. The molecule has 0 spiro atoms. The van der Waals surface area contributed by atoms with E-state index in [4.69, 9.17) is 0 Å². The number of ether oxygens (including phenoxy) is 1. The number of methoxy groups -OCH3 is 1. The van der Waals surface area contributed by atoms with E-state index in [9.17, 15) is 18.4 Å². The second kappa shape index (κ2) is 6.80. The minimum atomic E-state index is -1.08. The summed E-state index contributed by atoms with van der Waals surface area (Å²) in [5.74, 6) is -3.32. The summed E-state index contributed by atoms with van der Waals surface area (Å²) in [6.45, 7) is 0. The van der Waals surface area contributed by atoms with Crippen LogP contribution in [0.25, 0.3) is 0 Å². The van der Waals surface area contributed by atoms with E-state index in [1.165, 1.54) is 7.11 Å². The van der Waals surface area contributed by atoms with E-state index in [1.807, 2.05) is 0 Å². The number of hydrogen-bond donors (Lipinski definition) is 1. The first-order valence-electron chi connectivity index (χ1n) is 6.41. The highest BCUT2D eigenvalue weighted by atomic mass is 19.1. The van der Waals surface area contributed by atoms with E-state index in [2.05, 4.69) is 10.1 Å². The molecule has 6 heteroatoms. The summed E-state index contributed by atoms with van der Waals surface area (Å²) in [6, 6.07) is 9.89. The Hall–Kier alpha value is -2.76. The summed E-state index contributed by atoms with van der Waals surface area (Å²) in [7, 11) is 1.18. The number of rotatable bonds is 4. The van der Waals surface area contributed by atoms with Crippen molar-refractivity contribution in [3.05, 3.63) is 71.3 Å². The fourth-order valence-electron chi connectivity index (χ4n) is 1.92. The summed E-state index contributed by atoms with van der Waals surface area (Å²) < 4.78 is 31.1. The molecule has 114 valence electrons. The summed E-state index contributed by atoms with van der Waals surface area (Å²) in [5.41, 5.74) is 0.136. The first-order valence-corrected chi connectivity index (χ1v) is 6.41. The molecule has 1 atom stereocenters. The third-order valence-electron chi connectivity index (χ3n) is 3.02. The molecule has 2 aromatic rings. The van der Waals surface area contributed by atoms with E-state index in [0.717, 1.165) is 12.1 Å². The second-order valence-corrected chi connectivity index (χ2v) is 4.46. The van der Waals surface area contributed by atoms with Crippen molar-refractivity contribution >= 4 is 11.9 Å². The van der Waals surface area contributed by atoms with Gasteiger partial charge in [0.15, 0.2) is 6.04 Å². The Morgan fingerprint density at radius 1 is 1.09 bits per heavy atom. The van der Waals surface area contributed by atoms with Gasteiger partial charge in [0.25, 0.3) is 5.91 Å². The van der Waals surface area contributed by atoms with Crippen LogP contribution < -0.4 is 5.32 Å². The van der Waals surface area contributed by atoms with Crippen LogP contribution in [0.15, 0.2) is 48.5 Å². The molecule has 1 N–H and O–H groups in total. The average Bonchev–Trinajstić information content (AvgIpc) is 2.52. The van der Waals surface area contributed by atoms with Crippen LogP contribution in [0.3, 0.4) is 0 Å². The standard InChI is InChI=1S/C16H13F2NO3/c1-22-16(21)14(10-5-3-2-4-6-10)19-15(20)12-8-7-11(17)9-13(12)18/h2-9,14H,1H3,(H,19,20)/t14-/m0/s1. The molecule has 0 aromatic heterocycles. The fourth-order valence-corrected chi connectivity index (χ4v) is 1.92. The third kappa shape index (κ3) is 3.46. The molecular formula is C16H13F2NO3. The van der Waals surface area contributed by atoms with Crippen LogP contribution in [-0.4, -0.2) is 19.0 Å². The quantitative estimate of drug-likeness (QED) is 0.883. The fraction of sp³-hybridized carbons (Fsp3) is 0.125. The second-order valence-electron chi connectivity index (χ2n) is 4.46. The van der Waals surface area contributed by atoms with Crippen LogP contribution in [0, 0.1) is 11.6 Å². The van der Waals surface area contributed by atoms with Crippen molar-refractivity contribution in [3.63, 3.8) is 0 Å². The number of benzene rings is 2. The third-order valence-corrected chi connectivity index (χ3v) is 3.02. The highest BCUT2D eigenvalue weighted by Gasteiger charge is 2.25. The summed E-state index contributed by atoms with van der Waals surface area (Å²) in [6.07, 6.45) is 0. The van der Waals surface area contributed by atoms with Crippen LogP contribution in [0.5, 0.6) is 0 Å². The number of hydrogen-bond acceptors (Lipinski definition) is 3. The lowest BCUT2D eigenvalue weighted by molar-refractivity contribution is -0.143. The van der Waals surface area contributed by atoms with Crippen molar-refractivity contribution in [3.8, 4) is 0 Å². The molecule has 0 unspecified atom stereocenters. The number of halogens is 2. The van der Waals surface area contributed by atoms with Crippen molar-refractivity contribution in [2.24, 2.45) is 0 Å². The highest BCUT2D eigenvalue weighted by molar-refractivity contribution is 5.97. The molecule has 0 bridgehead atoms. The van der Waals surface area contributed by atoms with Crippen molar-refractivity contribution in [2.45, 2.75) is 6.04 Å². The smallest absolute Gasteiger partial charge is 0.333 e. The van der Waals surface area contributed by atoms with Gasteiger partial charge in [0.2, 0.25) is 0 Å². The molecule has 4 nitrogen and oxygen atoms in total. The highest BCUT2D eigenvalue weighted by Crippen LogP contribution is 2.16. The molecule has 0 saturated heterocycles. The van der Waals surface area contributed by atoms with E-state index < -0.39 is 29.6 Å². The Kier molecular flexibility index (Phi) is 4.83. The van der Waals surface area contributed by atoms with Crippen molar-refractivity contribution in [1.82, 2.24) is 5.32 Å². The van der Waals surface area contributed by atoms with Crippen molar-refractivity contribution < 1.29 is 23.1 Å². The molecule has 22 heavy (non-hydrogen) atoms. The SMILES string of the molecule is COC(=O)[C@@H](NC(=O)c1ccc(F)cc1F)c1ccccc1. The van der Waals surface area contributed by atoms with Crippen molar-refractivity contribution in [1.29, 1.82) is 0 Å². The lowest BCUT2D eigenvalue weighted by Gasteiger charge is -2.17. The van der Waals surface area contributed by atoms with Crippen molar-refractivity contribution in [2.75, 3.05) is 7.11 Å². The maximum atomic E-state index is 13.6. The molecule has 2 rings (SSSR count). The van der Waals surface area contributed by atoms with E-state index >= 15 is 0 Å². The first-order chi connectivity index (χ1) is 10.5. The van der Waals surface area contributed by atoms with Gasteiger partial charge in [-0.3, -0.25) is 4.79 Å². The number of carbonyl (C=O) groups excluding carboxylic acids is 2. The van der Waals surface area contributed by atoms with Crippen LogP contribution in [0.1, 0.15) is 22.0 Å². The van der Waals surface area contributed by atoms with Gasteiger partial charge in [0, 0.05) is 6.07 Å². The Morgan fingerprint density at radius 2 is 1.77 bits per heavy atom. The lowest BCUT2D eigenvalue weighted by atomic mass is 10.1. The summed E-state index contributed by atoms with van der Waals surface area (Å²) in [5, 5.41) is 2.38. The van der Waals surface area contributed by atoms with Crippen LogP contribution in [0.4, 0.5) is 8.78 Å². The largest absolute Gasteiger partial charge is 0.467 e. The Labute approximate surface area is 125 Å². The molecule has 0 heterocycles. The van der Waals surface area contributed by atoms with E-state index in [-0.39, 0.29) is 5.56 Å². The van der Waals surface area contributed by atoms with Gasteiger partial charge in [-0.25, -0.2) is 13.6 Å². The topological polar surface area (TPSA) is 55.4 Å². The predicted molar refractivity (Wildman–Crippen MR) is 75.0 cm³/mol. The number of amides is 1. The Morgan fingerprint density at radius 3 is 2.36 bits per heavy atom. The maximum absolute atomic E-state index is 13.6. The zero-order valence-electron chi connectivity index (χ0n) is 11.7. The normalized spacial score (nSPS) is 11.6. The molecule has 0 aliphatic carbocycles. The number of nitrogens with one attached hydrogen (secondary N) is 1. The predicted octanol–water partition coefficient (Wildman–Crippen LogP) is 2.61. The van der Waals surface area contributed by atoms with Crippen LogP contribution >= 0.6 is 0 Å². The van der Waals surface area contributed by atoms with Gasteiger partial charge in [-0.15, -0.1) is 0 Å². The van der Waals surface area contributed by atoms with Gasteiger partial charge in [-0.05, 0) is 17.7 Å². The van der Waals surface area contributed by atoms with Gasteiger partial charge in [0.1, 0.15) is 11.6 Å². The molecule has 0 aliphatic heterocycles. The summed E-state index contributed by atoms with van der Waals surface area (Å²) >= 11 is 0. The number of carbonyl (C=O) groups is 2. The van der Waals surface area contributed by atoms with Gasteiger partial charge >= 0.3 is 5.97 Å². The van der Waals surface area contributed by atoms with Gasteiger partial charge in [-0.2, -0.15) is 0 Å². The monoisotopic (exact) mass is 305 g/mol. The van der Waals surface area contributed by atoms with Crippen LogP contribution in [0.2, 0.25) is 0 Å². The average molecular weight is 305 g/mol. The Bertz CT molecular complexity index is 689. The van der Waals surface area contributed by atoms with Gasteiger partial charge in [0.05, 0.1) is 12.7 Å². The zero-order valence-corrected chi connectivity index (χ0v) is 11.7. The number of esters is 1. The zero-order chi connectivity index (χ0) is 16.1. The lowest BCUT2D eigenvalue weighted by Crippen LogP contribution is -2.35. The maximum Gasteiger partial charge on any atom is 0.333 e. The van der Waals surface area contributed by atoms with E-state index in [0.29, 0.717) is 11.6 Å². The minimum Gasteiger partial charge on any atom is -0.467 e.